The minimum atomic E-state index is 0.0956. The summed E-state index contributed by atoms with van der Waals surface area (Å²) in [5.74, 6) is 0.0956. The lowest BCUT2D eigenvalue weighted by Gasteiger charge is -2.17. The van der Waals surface area contributed by atoms with Gasteiger partial charge >= 0.3 is 0 Å². The number of benzene rings is 1. The van der Waals surface area contributed by atoms with Gasteiger partial charge in [0.1, 0.15) is 6.61 Å². The number of ketones is 1. The van der Waals surface area contributed by atoms with Crippen LogP contribution in [0.25, 0.3) is 0 Å². The fourth-order valence-electron chi connectivity index (χ4n) is 4.28. The average Bonchev–Trinajstić information content (AvgIpc) is 2.80. The molecule has 0 saturated heterocycles. The molecule has 1 aromatic carbocycles. The molecule has 0 fully saturated rings. The van der Waals surface area contributed by atoms with Crippen LogP contribution in [0.4, 0.5) is 0 Å². The molecule has 1 atom stereocenters. The fourth-order valence-corrected chi connectivity index (χ4v) is 4.28. The van der Waals surface area contributed by atoms with Gasteiger partial charge in [-0.3, -0.25) is 4.79 Å². The molecule has 31 heavy (non-hydrogen) atoms. The van der Waals surface area contributed by atoms with Crippen molar-refractivity contribution in [3.63, 3.8) is 0 Å². The first-order valence-electron chi connectivity index (χ1n) is 13.5. The quantitative estimate of drug-likeness (QED) is 0.135. The summed E-state index contributed by atoms with van der Waals surface area (Å²) in [5, 5.41) is 0. The van der Waals surface area contributed by atoms with Crippen LogP contribution >= 0.6 is 0 Å². The Hall–Kier alpha value is -1.15. The third-order valence-corrected chi connectivity index (χ3v) is 6.29. The molecule has 1 unspecified atom stereocenters. The Labute approximate surface area is 193 Å². The van der Waals surface area contributed by atoms with Crippen molar-refractivity contribution in [3.8, 4) is 0 Å². The predicted octanol–water partition coefficient (Wildman–Crippen LogP) is 9.32. The second-order valence-electron chi connectivity index (χ2n) is 9.25. The lowest BCUT2D eigenvalue weighted by atomic mass is 10.0. The molecule has 2 nitrogen and oxygen atoms in total. The normalized spacial score (nSPS) is 12.2. The smallest absolute Gasteiger partial charge is 0.188 e. The standard InChI is InChI=1S/C29H50O2/c1-3-5-6-7-8-9-10-11-12-13-14-15-16-17-21-25-28(22-4-2)31-26-29(30)27-23-19-18-20-24-27/h18-20,23-24,28H,3-17,21-22,25-26H2,1-2H3. The van der Waals surface area contributed by atoms with Gasteiger partial charge in [-0.2, -0.15) is 0 Å². The van der Waals surface area contributed by atoms with Crippen molar-refractivity contribution >= 4 is 5.78 Å². The van der Waals surface area contributed by atoms with E-state index in [0.717, 1.165) is 24.8 Å². The molecule has 0 aliphatic carbocycles. The number of Topliss-reactive ketones (excluding diaryl/α,β-unsaturated/α-hetero) is 1. The van der Waals surface area contributed by atoms with E-state index < -0.39 is 0 Å². The Kier molecular flexibility index (Phi) is 18.7. The third-order valence-electron chi connectivity index (χ3n) is 6.29. The van der Waals surface area contributed by atoms with E-state index in [1.807, 2.05) is 30.3 Å². The number of hydrogen-bond donors (Lipinski definition) is 0. The van der Waals surface area contributed by atoms with Crippen LogP contribution in [0.1, 0.15) is 140 Å². The Balaban J connectivity index is 1.94. The minimum absolute atomic E-state index is 0.0956. The number of unbranched alkanes of at least 4 members (excludes halogenated alkanes) is 14. The minimum Gasteiger partial charge on any atom is -0.370 e. The highest BCUT2D eigenvalue weighted by molar-refractivity contribution is 5.97. The van der Waals surface area contributed by atoms with Gasteiger partial charge in [0.05, 0.1) is 6.10 Å². The zero-order valence-electron chi connectivity index (χ0n) is 20.7. The molecule has 1 aromatic rings. The second kappa shape index (κ2) is 20.7. The van der Waals surface area contributed by atoms with E-state index in [2.05, 4.69) is 13.8 Å². The monoisotopic (exact) mass is 430 g/mol. The van der Waals surface area contributed by atoms with E-state index in [9.17, 15) is 4.79 Å². The summed E-state index contributed by atoms with van der Waals surface area (Å²) in [4.78, 5) is 12.2. The highest BCUT2D eigenvalue weighted by atomic mass is 16.5. The predicted molar refractivity (Wildman–Crippen MR) is 135 cm³/mol. The molecule has 0 saturated carbocycles. The van der Waals surface area contributed by atoms with Gasteiger partial charge in [-0.25, -0.2) is 0 Å². The van der Waals surface area contributed by atoms with Crippen LogP contribution in [-0.4, -0.2) is 18.5 Å². The molecule has 0 spiro atoms. The molecule has 0 radical (unpaired) electrons. The Morgan fingerprint density at radius 1 is 0.645 bits per heavy atom. The lowest BCUT2D eigenvalue weighted by molar-refractivity contribution is 0.0363. The largest absolute Gasteiger partial charge is 0.370 e. The SMILES string of the molecule is CCCCCCCCCCCCCCCCCC(CCC)OCC(=O)c1ccccc1. The van der Waals surface area contributed by atoms with Crippen LogP contribution in [0.3, 0.4) is 0 Å². The zero-order valence-corrected chi connectivity index (χ0v) is 20.7. The van der Waals surface area contributed by atoms with Crippen LogP contribution in [-0.2, 0) is 4.74 Å². The summed E-state index contributed by atoms with van der Waals surface area (Å²) in [5.41, 5.74) is 0.754. The van der Waals surface area contributed by atoms with Crippen molar-refractivity contribution in [2.75, 3.05) is 6.61 Å². The van der Waals surface area contributed by atoms with Crippen molar-refractivity contribution in [1.82, 2.24) is 0 Å². The van der Waals surface area contributed by atoms with E-state index in [1.165, 1.54) is 96.3 Å². The Bertz CT molecular complexity index is 511. The number of hydrogen-bond acceptors (Lipinski definition) is 2. The molecule has 0 bridgehead atoms. The van der Waals surface area contributed by atoms with Crippen LogP contribution in [0.2, 0.25) is 0 Å². The van der Waals surface area contributed by atoms with Gasteiger partial charge in [0.2, 0.25) is 0 Å². The number of carbonyl (C=O) groups is 1. The van der Waals surface area contributed by atoms with Crippen LogP contribution < -0.4 is 0 Å². The highest BCUT2D eigenvalue weighted by Crippen LogP contribution is 2.16. The molecular weight excluding hydrogens is 380 g/mol. The van der Waals surface area contributed by atoms with Crippen molar-refractivity contribution in [2.45, 2.75) is 136 Å². The molecule has 178 valence electrons. The first-order valence-corrected chi connectivity index (χ1v) is 13.5. The molecule has 2 heteroatoms. The Morgan fingerprint density at radius 2 is 1.13 bits per heavy atom. The van der Waals surface area contributed by atoms with Crippen molar-refractivity contribution in [3.05, 3.63) is 35.9 Å². The van der Waals surface area contributed by atoms with E-state index >= 15 is 0 Å². The first-order chi connectivity index (χ1) is 15.3. The van der Waals surface area contributed by atoms with Crippen LogP contribution in [0.15, 0.2) is 30.3 Å². The molecule has 0 N–H and O–H groups in total. The zero-order chi connectivity index (χ0) is 22.4. The van der Waals surface area contributed by atoms with Gasteiger partial charge in [-0.1, -0.05) is 147 Å². The maximum atomic E-state index is 12.2. The van der Waals surface area contributed by atoms with Crippen molar-refractivity contribution in [2.24, 2.45) is 0 Å². The second-order valence-corrected chi connectivity index (χ2v) is 9.25. The Morgan fingerprint density at radius 3 is 1.61 bits per heavy atom. The van der Waals surface area contributed by atoms with E-state index in [0.29, 0.717) is 0 Å². The topological polar surface area (TPSA) is 26.3 Å². The van der Waals surface area contributed by atoms with Crippen LogP contribution in [0.5, 0.6) is 0 Å². The summed E-state index contributed by atoms with van der Waals surface area (Å²) in [6, 6.07) is 9.50. The van der Waals surface area contributed by atoms with Crippen molar-refractivity contribution < 1.29 is 9.53 Å². The van der Waals surface area contributed by atoms with Gasteiger partial charge in [0, 0.05) is 5.56 Å². The molecule has 1 rings (SSSR count). The molecule has 0 heterocycles. The molecule has 0 aliphatic heterocycles. The summed E-state index contributed by atoms with van der Waals surface area (Å²) in [7, 11) is 0. The summed E-state index contributed by atoms with van der Waals surface area (Å²) < 4.78 is 5.97. The third kappa shape index (κ3) is 16.2. The van der Waals surface area contributed by atoms with Gasteiger partial charge in [0.15, 0.2) is 5.78 Å². The summed E-state index contributed by atoms with van der Waals surface area (Å²) in [6.45, 7) is 4.70. The van der Waals surface area contributed by atoms with Crippen LogP contribution in [0, 0.1) is 0 Å². The maximum absolute atomic E-state index is 12.2. The first kappa shape index (κ1) is 27.9. The lowest BCUT2D eigenvalue weighted by Crippen LogP contribution is -2.18. The molecular formula is C29H50O2. The van der Waals surface area contributed by atoms with Gasteiger partial charge < -0.3 is 4.74 Å². The van der Waals surface area contributed by atoms with Gasteiger partial charge in [-0.15, -0.1) is 0 Å². The number of rotatable bonds is 22. The molecule has 0 aliphatic rings. The number of ether oxygens (including phenoxy) is 1. The van der Waals surface area contributed by atoms with Gasteiger partial charge in [-0.05, 0) is 12.8 Å². The average molecular weight is 431 g/mol. The maximum Gasteiger partial charge on any atom is 0.188 e. The molecule has 0 amide bonds. The van der Waals surface area contributed by atoms with Gasteiger partial charge in [0.25, 0.3) is 0 Å². The fraction of sp³-hybridized carbons (Fsp3) is 0.759. The summed E-state index contributed by atoms with van der Waals surface area (Å²) >= 11 is 0. The molecule has 0 aromatic heterocycles. The van der Waals surface area contributed by atoms with E-state index in [4.69, 9.17) is 4.74 Å². The van der Waals surface area contributed by atoms with E-state index in [1.54, 1.807) is 0 Å². The highest BCUT2D eigenvalue weighted by Gasteiger charge is 2.12. The van der Waals surface area contributed by atoms with Crippen molar-refractivity contribution in [1.29, 1.82) is 0 Å². The summed E-state index contributed by atoms with van der Waals surface area (Å²) in [6.07, 6.45) is 24.4. The number of carbonyl (C=O) groups excluding carboxylic acids is 1. The van der Waals surface area contributed by atoms with E-state index in [-0.39, 0.29) is 18.5 Å².